The number of carbonyl (C=O) groups excluding carboxylic acids is 2. The number of aromatic nitrogens is 4. The number of hydrogen-bond acceptors (Lipinski definition) is 14. The van der Waals surface area contributed by atoms with E-state index in [0.29, 0.717) is 12.0 Å². The maximum absolute atomic E-state index is 14.2. The molecule has 0 radical (unpaired) electrons. The van der Waals surface area contributed by atoms with Gasteiger partial charge in [-0.1, -0.05) is 6.92 Å². The molecule has 2 fully saturated rings. The second kappa shape index (κ2) is 18.5. The summed E-state index contributed by atoms with van der Waals surface area (Å²) < 4.78 is 57.0. The minimum absolute atomic E-state index is 0.00778. The monoisotopic (exact) mass is 815 g/mol. The van der Waals surface area contributed by atoms with Gasteiger partial charge in [0.1, 0.15) is 37.9 Å². The van der Waals surface area contributed by atoms with Gasteiger partial charge in [-0.25, -0.2) is 25.5 Å². The molecule has 4 heterocycles. The molecular formula is C37H46N5O14P. The molecule has 2 N–H and O–H groups in total. The molecule has 0 amide bonds. The minimum atomic E-state index is -4.56. The molecule has 7 atom stereocenters. The number of ether oxygens (including phenoxy) is 4. The number of aryl methyl sites for hydroxylation is 4. The van der Waals surface area contributed by atoms with E-state index in [1.165, 1.54) is 30.8 Å². The number of aromatic amines is 2. The van der Waals surface area contributed by atoms with E-state index >= 15 is 0 Å². The van der Waals surface area contributed by atoms with Crippen molar-refractivity contribution in [2.75, 3.05) is 26.4 Å². The topological polar surface area (TPSA) is 230 Å². The van der Waals surface area contributed by atoms with Crippen molar-refractivity contribution in [3.8, 4) is 0 Å². The molecule has 308 valence electrons. The van der Waals surface area contributed by atoms with E-state index in [4.69, 9.17) is 39.1 Å². The molecule has 0 spiro atoms. The fraction of sp³-hybridized carbons (Fsp3) is 0.541. The summed E-state index contributed by atoms with van der Waals surface area (Å²) in [6, 6.07) is 3.40. The largest absolute Gasteiger partial charge is 0.475 e. The Kier molecular flexibility index (Phi) is 14.0. The zero-order valence-electron chi connectivity index (χ0n) is 32.4. The zero-order valence-corrected chi connectivity index (χ0v) is 33.3. The number of phosphoric acid groups is 1. The van der Waals surface area contributed by atoms with Crippen LogP contribution >= 0.6 is 7.82 Å². The molecule has 5 rings (SSSR count). The average molecular weight is 816 g/mol. The highest BCUT2D eigenvalue weighted by Crippen LogP contribution is 2.54. The quantitative estimate of drug-likeness (QED) is 0.0916. The maximum Gasteiger partial charge on any atom is 0.475 e. The van der Waals surface area contributed by atoms with Crippen molar-refractivity contribution in [2.45, 2.75) is 104 Å². The van der Waals surface area contributed by atoms with Crippen molar-refractivity contribution in [1.82, 2.24) is 19.1 Å². The van der Waals surface area contributed by atoms with E-state index in [1.807, 2.05) is 20.8 Å². The summed E-state index contributed by atoms with van der Waals surface area (Å²) in [5, 5.41) is 0. The third-order valence-corrected chi connectivity index (χ3v) is 11.3. The molecule has 57 heavy (non-hydrogen) atoms. The lowest BCUT2D eigenvalue weighted by Gasteiger charge is -2.25. The van der Waals surface area contributed by atoms with Crippen molar-refractivity contribution in [1.29, 1.82) is 0 Å². The highest BCUT2D eigenvalue weighted by Gasteiger charge is 2.45. The van der Waals surface area contributed by atoms with Gasteiger partial charge in [0, 0.05) is 36.4 Å². The highest BCUT2D eigenvalue weighted by molar-refractivity contribution is 7.48. The molecule has 3 aromatic rings. The van der Waals surface area contributed by atoms with Crippen LogP contribution in [-0.4, -0.2) is 81.8 Å². The molecule has 2 saturated heterocycles. The van der Waals surface area contributed by atoms with E-state index in [2.05, 4.69) is 14.8 Å². The Hall–Kier alpha value is -4.96. The van der Waals surface area contributed by atoms with Crippen molar-refractivity contribution in [2.24, 2.45) is 0 Å². The van der Waals surface area contributed by atoms with Gasteiger partial charge in [-0.15, -0.1) is 0 Å². The zero-order chi connectivity index (χ0) is 41.6. The summed E-state index contributed by atoms with van der Waals surface area (Å²) in [7, 11) is -4.56. The molecular weight excluding hydrogens is 769 g/mol. The SMILES string of the molecule is [C-]#[N+]CCOP(=O)(OCC1OC(n2cc(C)c(=O)[nH]c2=O)CC1OC(=O)CCOC(=O)c1cc(C)c(C)c(C)c1)OC1CC(n2cc(C)c(=O)[nH]c2=O)OC1CC. The van der Waals surface area contributed by atoms with Crippen LogP contribution in [0.25, 0.3) is 4.85 Å². The molecule has 1 aromatic carbocycles. The van der Waals surface area contributed by atoms with Gasteiger partial charge in [0.25, 0.3) is 11.1 Å². The first-order valence-electron chi connectivity index (χ1n) is 18.3. The lowest BCUT2D eigenvalue weighted by atomic mass is 10.0. The number of benzene rings is 1. The van der Waals surface area contributed by atoms with Gasteiger partial charge in [0.15, 0.2) is 0 Å². The number of nitrogens with one attached hydrogen (secondary N) is 2. The molecule has 20 heteroatoms. The van der Waals surface area contributed by atoms with Crippen molar-refractivity contribution < 1.29 is 46.7 Å². The van der Waals surface area contributed by atoms with Crippen LogP contribution in [0.4, 0.5) is 0 Å². The van der Waals surface area contributed by atoms with E-state index in [0.717, 1.165) is 21.3 Å². The Morgan fingerprint density at radius 3 is 1.96 bits per heavy atom. The van der Waals surface area contributed by atoms with Crippen LogP contribution in [-0.2, 0) is 41.9 Å². The van der Waals surface area contributed by atoms with Crippen molar-refractivity contribution in [3.05, 3.63) is 111 Å². The van der Waals surface area contributed by atoms with Gasteiger partial charge in [-0.2, -0.15) is 0 Å². The first-order valence-corrected chi connectivity index (χ1v) is 19.8. The number of phosphoric ester groups is 1. The van der Waals surface area contributed by atoms with Crippen LogP contribution in [0.3, 0.4) is 0 Å². The third-order valence-electron chi connectivity index (χ3n) is 9.77. The average Bonchev–Trinajstić information content (AvgIpc) is 3.75. The molecule has 19 nitrogen and oxygen atoms in total. The van der Waals surface area contributed by atoms with Gasteiger partial charge in [-0.3, -0.25) is 47.1 Å². The number of esters is 2. The molecule has 2 aromatic heterocycles. The van der Waals surface area contributed by atoms with Gasteiger partial charge in [0.2, 0.25) is 6.54 Å². The summed E-state index contributed by atoms with van der Waals surface area (Å²) in [5.74, 6) is -1.39. The van der Waals surface area contributed by atoms with Gasteiger partial charge in [0.05, 0.1) is 30.8 Å². The third kappa shape index (κ3) is 10.5. The Labute approximate surface area is 326 Å². The Balaban J connectivity index is 1.31. The summed E-state index contributed by atoms with van der Waals surface area (Å²) >= 11 is 0. The van der Waals surface area contributed by atoms with Crippen LogP contribution in [0.1, 0.15) is 83.2 Å². The number of carbonyl (C=O) groups is 2. The predicted octanol–water partition coefficient (Wildman–Crippen LogP) is 3.22. The van der Waals surface area contributed by atoms with Crippen LogP contribution < -0.4 is 22.5 Å². The first kappa shape index (κ1) is 43.2. The first-order chi connectivity index (χ1) is 27.0. The van der Waals surface area contributed by atoms with Crippen molar-refractivity contribution >= 4 is 19.8 Å². The molecule has 7 unspecified atom stereocenters. The van der Waals surface area contributed by atoms with Gasteiger partial charge < -0.3 is 23.8 Å². The fourth-order valence-electron chi connectivity index (χ4n) is 6.41. The van der Waals surface area contributed by atoms with Crippen molar-refractivity contribution in [3.63, 3.8) is 0 Å². The standard InChI is InChI=1S/C37H46N5O14P/c1-8-26-28(16-31(53-26)42-18-23(5)34(45)40-37(42)48)56-57(49,51-12-10-38-7)52-19-29-27(15-30(54-29)41-17-22(4)33(44)39-36(41)47)55-32(43)9-11-50-35(46)25-13-20(2)24(6)21(3)14-25/h13-14,17-18,26-31H,8-12,15-16,19H2,1-6H3,(H,39,44,47)(H,40,45,48). The molecule has 2 aliphatic rings. The number of nitrogens with zero attached hydrogens (tertiary/aromatic N) is 3. The lowest BCUT2D eigenvalue weighted by molar-refractivity contribution is -0.153. The van der Waals surface area contributed by atoms with E-state index in [-0.39, 0.29) is 50.1 Å². The Morgan fingerprint density at radius 1 is 0.842 bits per heavy atom. The van der Waals surface area contributed by atoms with E-state index in [9.17, 15) is 33.3 Å². The normalized spacial score (nSPS) is 22.8. The van der Waals surface area contributed by atoms with E-state index in [1.54, 1.807) is 19.1 Å². The minimum Gasteiger partial charge on any atom is -0.461 e. The predicted molar refractivity (Wildman–Crippen MR) is 201 cm³/mol. The molecule has 0 saturated carbocycles. The van der Waals surface area contributed by atoms with Crippen LogP contribution in [0, 0.1) is 41.2 Å². The smallest absolute Gasteiger partial charge is 0.461 e. The van der Waals surface area contributed by atoms with Crippen LogP contribution in [0.5, 0.6) is 0 Å². The Bertz CT molecular complexity index is 2290. The number of H-pyrrole nitrogens is 2. The van der Waals surface area contributed by atoms with E-state index < -0.39 is 85.7 Å². The Morgan fingerprint density at radius 2 is 1.40 bits per heavy atom. The second-order valence-corrected chi connectivity index (χ2v) is 15.5. The van der Waals surface area contributed by atoms with Crippen LogP contribution in [0.2, 0.25) is 0 Å². The van der Waals surface area contributed by atoms with Gasteiger partial charge in [-0.05, 0) is 69.9 Å². The second-order valence-electron chi connectivity index (χ2n) is 13.8. The molecule has 2 aliphatic heterocycles. The molecule has 0 aliphatic carbocycles. The summed E-state index contributed by atoms with van der Waals surface area (Å²) in [6.07, 6.45) is -3.29. The number of rotatable bonds is 16. The highest BCUT2D eigenvalue weighted by atomic mass is 31.2. The molecule has 0 bridgehead atoms. The summed E-state index contributed by atoms with van der Waals surface area (Å²) in [4.78, 5) is 82.9. The summed E-state index contributed by atoms with van der Waals surface area (Å²) in [6.45, 7) is 16.3. The number of hydrogen-bond donors (Lipinski definition) is 2. The fourth-order valence-corrected chi connectivity index (χ4v) is 7.79. The lowest BCUT2D eigenvalue weighted by Crippen LogP contribution is -2.33. The maximum atomic E-state index is 14.2. The van der Waals surface area contributed by atoms with Crippen LogP contribution in [0.15, 0.2) is 43.7 Å². The van der Waals surface area contributed by atoms with Gasteiger partial charge >= 0.3 is 31.1 Å². The summed E-state index contributed by atoms with van der Waals surface area (Å²) in [5.41, 5.74) is 1.05.